The maximum atomic E-state index is 11.9. The first-order valence-corrected chi connectivity index (χ1v) is 10.3. The van der Waals surface area contributed by atoms with Crippen LogP contribution in [0.3, 0.4) is 0 Å². The molecule has 29 heavy (non-hydrogen) atoms. The van der Waals surface area contributed by atoms with Gasteiger partial charge in [0.15, 0.2) is 0 Å². The summed E-state index contributed by atoms with van der Waals surface area (Å²) in [6.07, 6.45) is 0. The molecule has 1 aromatic carbocycles. The van der Waals surface area contributed by atoms with Gasteiger partial charge in [-0.15, -0.1) is 11.3 Å². The number of nitrogens with zero attached hydrogens (tertiary/aromatic N) is 3. The zero-order chi connectivity index (χ0) is 20.5. The Bertz CT molecular complexity index is 1100. The average Bonchev–Trinajstić information content (AvgIpc) is 3.34. The van der Waals surface area contributed by atoms with Gasteiger partial charge in [-0.2, -0.15) is 5.26 Å². The van der Waals surface area contributed by atoms with E-state index in [1.54, 1.807) is 17.4 Å². The number of carbonyl (C=O) groups is 1. The summed E-state index contributed by atoms with van der Waals surface area (Å²) in [5, 5.41) is 11.3. The Hall–Kier alpha value is -3.08. The fraction of sp³-hybridized carbons (Fsp3) is 0.273. The van der Waals surface area contributed by atoms with Crippen LogP contribution >= 0.6 is 11.3 Å². The molecule has 7 heteroatoms. The number of piperazine rings is 1. The van der Waals surface area contributed by atoms with Crippen LogP contribution in [0.15, 0.2) is 40.1 Å². The molecule has 6 nitrogen and oxygen atoms in total. The summed E-state index contributed by atoms with van der Waals surface area (Å²) in [6, 6.07) is 11.9. The van der Waals surface area contributed by atoms with E-state index in [4.69, 9.17) is 10.2 Å². The molecule has 2 N–H and O–H groups in total. The number of thiophene rings is 1. The zero-order valence-electron chi connectivity index (χ0n) is 16.4. The topological polar surface area (TPSA) is 86.5 Å². The minimum absolute atomic E-state index is 0.0179. The summed E-state index contributed by atoms with van der Waals surface area (Å²) < 4.78 is 5.39. The van der Waals surface area contributed by atoms with Crippen molar-refractivity contribution < 1.29 is 9.21 Å². The fourth-order valence-electron chi connectivity index (χ4n) is 3.69. The standard InChI is InChI=1S/C22H22N4O2S/c1-14-5-10-29-21(14)19-11-15(26-8-6-25(2)7-9-26)3-4-17(19)18-12-16(13-23)28-20(18)22(24)27/h3-5,10-12H,6-9H2,1-2H3,(H2,24,27). The minimum atomic E-state index is -0.682. The number of hydrogen-bond donors (Lipinski definition) is 1. The number of anilines is 1. The molecule has 0 aliphatic carbocycles. The molecule has 0 atom stereocenters. The Morgan fingerprint density at radius 1 is 1.14 bits per heavy atom. The molecule has 1 fully saturated rings. The first-order valence-electron chi connectivity index (χ1n) is 9.44. The van der Waals surface area contributed by atoms with Gasteiger partial charge in [-0.1, -0.05) is 6.07 Å². The lowest BCUT2D eigenvalue weighted by Crippen LogP contribution is -2.44. The van der Waals surface area contributed by atoms with Crippen LogP contribution in [-0.4, -0.2) is 44.0 Å². The third kappa shape index (κ3) is 3.65. The molecule has 0 unspecified atom stereocenters. The highest BCUT2D eigenvalue weighted by atomic mass is 32.1. The molecule has 3 aromatic rings. The second-order valence-corrected chi connectivity index (χ2v) is 8.20. The maximum absolute atomic E-state index is 11.9. The summed E-state index contributed by atoms with van der Waals surface area (Å²) in [4.78, 5) is 17.8. The zero-order valence-corrected chi connectivity index (χ0v) is 17.3. The molecule has 0 bridgehead atoms. The molecule has 2 aromatic heterocycles. The molecular weight excluding hydrogens is 384 g/mol. The van der Waals surface area contributed by atoms with Crippen LogP contribution in [0.4, 0.5) is 5.69 Å². The summed E-state index contributed by atoms with van der Waals surface area (Å²) in [5.74, 6) is -0.589. The molecule has 0 radical (unpaired) electrons. The van der Waals surface area contributed by atoms with Crippen LogP contribution in [0.5, 0.6) is 0 Å². The Morgan fingerprint density at radius 3 is 2.52 bits per heavy atom. The lowest BCUT2D eigenvalue weighted by atomic mass is 9.96. The van der Waals surface area contributed by atoms with Crippen LogP contribution in [0, 0.1) is 18.3 Å². The van der Waals surface area contributed by atoms with E-state index in [9.17, 15) is 10.1 Å². The fourth-order valence-corrected chi connectivity index (χ4v) is 4.65. The largest absolute Gasteiger partial charge is 0.440 e. The minimum Gasteiger partial charge on any atom is -0.440 e. The molecule has 0 spiro atoms. The third-order valence-electron chi connectivity index (χ3n) is 5.33. The molecule has 0 saturated carbocycles. The highest BCUT2D eigenvalue weighted by Gasteiger charge is 2.23. The van der Waals surface area contributed by atoms with Crippen molar-refractivity contribution in [3.8, 4) is 27.6 Å². The lowest BCUT2D eigenvalue weighted by molar-refractivity contribution is 0.0974. The Balaban J connectivity index is 1.87. The number of benzene rings is 1. The van der Waals surface area contributed by atoms with E-state index >= 15 is 0 Å². The van der Waals surface area contributed by atoms with Gasteiger partial charge in [0, 0.05) is 53.9 Å². The van der Waals surface area contributed by atoms with Gasteiger partial charge in [0.2, 0.25) is 11.5 Å². The van der Waals surface area contributed by atoms with E-state index in [-0.39, 0.29) is 11.5 Å². The number of nitriles is 1. The first kappa shape index (κ1) is 19.2. The molecular formula is C22H22N4O2S. The van der Waals surface area contributed by atoms with Crippen LogP contribution < -0.4 is 10.6 Å². The number of carbonyl (C=O) groups excluding carboxylic acids is 1. The van der Waals surface area contributed by atoms with Crippen LogP contribution in [0.25, 0.3) is 21.6 Å². The molecule has 1 aliphatic heterocycles. The quantitative estimate of drug-likeness (QED) is 0.714. The number of aryl methyl sites for hydroxylation is 1. The number of rotatable bonds is 4. The Kier molecular flexibility index (Phi) is 5.14. The van der Waals surface area contributed by atoms with Crippen molar-refractivity contribution in [3.63, 3.8) is 0 Å². The predicted octanol–water partition coefficient (Wildman–Crippen LogP) is 3.71. The van der Waals surface area contributed by atoms with E-state index < -0.39 is 5.91 Å². The highest BCUT2D eigenvalue weighted by Crippen LogP contribution is 2.41. The lowest BCUT2D eigenvalue weighted by Gasteiger charge is -2.34. The van der Waals surface area contributed by atoms with Gasteiger partial charge in [-0.3, -0.25) is 4.79 Å². The van der Waals surface area contributed by atoms with Crippen molar-refractivity contribution in [2.24, 2.45) is 5.73 Å². The number of amides is 1. The van der Waals surface area contributed by atoms with Crippen molar-refractivity contribution in [1.29, 1.82) is 5.26 Å². The molecule has 1 amide bonds. The van der Waals surface area contributed by atoms with E-state index in [0.717, 1.165) is 53.4 Å². The van der Waals surface area contributed by atoms with Crippen molar-refractivity contribution >= 4 is 22.9 Å². The van der Waals surface area contributed by atoms with E-state index in [1.807, 2.05) is 12.1 Å². The normalized spacial score (nSPS) is 14.7. The molecule has 1 aliphatic rings. The van der Waals surface area contributed by atoms with Gasteiger partial charge in [0.1, 0.15) is 6.07 Å². The Morgan fingerprint density at radius 2 is 1.90 bits per heavy atom. The highest BCUT2D eigenvalue weighted by molar-refractivity contribution is 7.13. The summed E-state index contributed by atoms with van der Waals surface area (Å²) in [6.45, 7) is 6.05. The van der Waals surface area contributed by atoms with Crippen molar-refractivity contribution in [3.05, 3.63) is 52.8 Å². The smallest absolute Gasteiger partial charge is 0.285 e. The number of nitrogens with two attached hydrogens (primary N) is 1. The first-order chi connectivity index (χ1) is 14.0. The van der Waals surface area contributed by atoms with Gasteiger partial charge >= 0.3 is 0 Å². The van der Waals surface area contributed by atoms with Crippen LogP contribution in [-0.2, 0) is 0 Å². The number of furan rings is 1. The second kappa shape index (κ2) is 7.74. The van der Waals surface area contributed by atoms with Crippen LogP contribution in [0.1, 0.15) is 21.9 Å². The number of hydrogen-bond acceptors (Lipinski definition) is 6. The van der Waals surface area contributed by atoms with Gasteiger partial charge < -0.3 is 20.0 Å². The average molecular weight is 407 g/mol. The van der Waals surface area contributed by atoms with Gasteiger partial charge in [0.25, 0.3) is 5.91 Å². The summed E-state index contributed by atoms with van der Waals surface area (Å²) >= 11 is 1.66. The summed E-state index contributed by atoms with van der Waals surface area (Å²) in [5.41, 5.74) is 10.2. The van der Waals surface area contributed by atoms with E-state index in [0.29, 0.717) is 5.56 Å². The van der Waals surface area contributed by atoms with Crippen LogP contribution in [0.2, 0.25) is 0 Å². The molecule has 3 heterocycles. The van der Waals surface area contributed by atoms with Crippen molar-refractivity contribution in [1.82, 2.24) is 4.90 Å². The third-order valence-corrected chi connectivity index (χ3v) is 6.38. The van der Waals surface area contributed by atoms with Gasteiger partial charge in [-0.05, 0) is 48.7 Å². The second-order valence-electron chi connectivity index (χ2n) is 7.28. The van der Waals surface area contributed by atoms with E-state index in [1.165, 1.54) is 0 Å². The molecule has 1 saturated heterocycles. The van der Waals surface area contributed by atoms with Crippen molar-refractivity contribution in [2.45, 2.75) is 6.92 Å². The van der Waals surface area contributed by atoms with Crippen molar-refractivity contribution in [2.75, 3.05) is 38.1 Å². The monoisotopic (exact) mass is 406 g/mol. The molecule has 4 rings (SSSR count). The van der Waals surface area contributed by atoms with Gasteiger partial charge in [-0.25, -0.2) is 0 Å². The predicted molar refractivity (Wildman–Crippen MR) is 115 cm³/mol. The summed E-state index contributed by atoms with van der Waals surface area (Å²) in [7, 11) is 2.14. The maximum Gasteiger partial charge on any atom is 0.285 e. The number of primary amides is 1. The number of likely N-dealkylation sites (N-methyl/N-ethyl adjacent to an activating group) is 1. The van der Waals surface area contributed by atoms with Gasteiger partial charge in [0.05, 0.1) is 0 Å². The molecule has 148 valence electrons. The van der Waals surface area contributed by atoms with E-state index in [2.05, 4.69) is 47.4 Å². The SMILES string of the molecule is Cc1ccsc1-c1cc(N2CCN(C)CC2)ccc1-c1cc(C#N)oc1C(N)=O. The Labute approximate surface area is 173 Å².